The highest BCUT2D eigenvalue weighted by molar-refractivity contribution is 7.92. The molecule has 1 fully saturated rings. The number of hydrogen-bond donors (Lipinski definition) is 3. The lowest BCUT2D eigenvalue weighted by molar-refractivity contribution is 0.0997. The van der Waals surface area contributed by atoms with Crippen LogP contribution in [0.3, 0.4) is 0 Å². The Morgan fingerprint density at radius 2 is 1.79 bits per heavy atom. The third kappa shape index (κ3) is 9.24. The molecule has 14 heteroatoms. The first-order chi connectivity index (χ1) is 22.4. The molecule has 3 amide bonds. The second-order valence-corrected chi connectivity index (χ2v) is 13.1. The monoisotopic (exact) mass is 661 g/mol. The molecule has 0 aliphatic carbocycles. The van der Waals surface area contributed by atoms with Crippen LogP contribution in [0.4, 0.5) is 26.2 Å². The van der Waals surface area contributed by atoms with E-state index in [1.54, 1.807) is 47.6 Å². The van der Waals surface area contributed by atoms with E-state index in [4.69, 9.17) is 10.5 Å². The van der Waals surface area contributed by atoms with Gasteiger partial charge in [-0.1, -0.05) is 18.2 Å². The molecule has 1 aliphatic rings. The maximum absolute atomic E-state index is 14.2. The number of nitrogens with zero attached hydrogens (tertiary/aromatic N) is 4. The molecule has 12 nitrogen and oxygen atoms in total. The molecule has 0 spiro atoms. The summed E-state index contributed by atoms with van der Waals surface area (Å²) < 4.78 is 45.3. The van der Waals surface area contributed by atoms with Crippen LogP contribution >= 0.6 is 0 Å². The number of rotatable bonds is 11. The molecule has 4 aromatic rings. The Labute approximate surface area is 272 Å². The number of carbonyl (C=O) groups is 2. The number of amides is 3. The summed E-state index contributed by atoms with van der Waals surface area (Å²) in [5.41, 5.74) is 9.21. The molecule has 2 aromatic carbocycles. The van der Waals surface area contributed by atoms with Crippen LogP contribution in [-0.2, 0) is 23.2 Å². The molecule has 47 heavy (non-hydrogen) atoms. The lowest BCUT2D eigenvalue weighted by Gasteiger charge is -2.38. The van der Waals surface area contributed by atoms with E-state index in [9.17, 15) is 22.4 Å². The third-order valence-electron chi connectivity index (χ3n) is 7.65. The summed E-state index contributed by atoms with van der Waals surface area (Å²) in [6.07, 6.45) is 5.70. The first-order valence-corrected chi connectivity index (χ1v) is 16.8. The summed E-state index contributed by atoms with van der Waals surface area (Å²) in [5.74, 6) is -0.777. The van der Waals surface area contributed by atoms with Crippen molar-refractivity contribution in [3.05, 3.63) is 107 Å². The maximum Gasteiger partial charge on any atom is 0.326 e. The average Bonchev–Trinajstić information content (AvgIpc) is 3.02. The second kappa shape index (κ2) is 14.6. The van der Waals surface area contributed by atoms with E-state index in [1.165, 1.54) is 24.3 Å². The molecule has 0 bridgehead atoms. The van der Waals surface area contributed by atoms with Gasteiger partial charge in [-0.3, -0.25) is 24.3 Å². The summed E-state index contributed by atoms with van der Waals surface area (Å²) in [6.45, 7) is 3.95. The number of nitrogens with one attached hydrogen (secondary N) is 2. The molecule has 4 N–H and O–H groups in total. The van der Waals surface area contributed by atoms with Crippen LogP contribution in [0.25, 0.3) is 0 Å². The van der Waals surface area contributed by atoms with Crippen molar-refractivity contribution >= 4 is 39.0 Å². The van der Waals surface area contributed by atoms with Crippen molar-refractivity contribution in [1.29, 1.82) is 0 Å². The molecule has 1 saturated heterocycles. The zero-order chi connectivity index (χ0) is 33.6. The van der Waals surface area contributed by atoms with Crippen LogP contribution in [-0.4, -0.2) is 60.6 Å². The fraction of sp³-hybridized carbons (Fsp3) is 0.273. The van der Waals surface area contributed by atoms with E-state index >= 15 is 0 Å². The number of hydrogen-bond acceptors (Lipinski definition) is 8. The minimum atomic E-state index is -3.52. The summed E-state index contributed by atoms with van der Waals surface area (Å²) in [7, 11) is -3.52. The number of anilines is 3. The minimum Gasteiger partial charge on any atom is -0.473 e. The van der Waals surface area contributed by atoms with Gasteiger partial charge in [0.1, 0.15) is 12.4 Å². The lowest BCUT2D eigenvalue weighted by atomic mass is 10.0. The number of piperidine rings is 1. The summed E-state index contributed by atoms with van der Waals surface area (Å²) in [5, 5.41) is 2.90. The summed E-state index contributed by atoms with van der Waals surface area (Å²) >= 11 is 0. The molecule has 0 unspecified atom stereocenters. The number of nitrogens with two attached hydrogens (primary N) is 1. The van der Waals surface area contributed by atoms with Crippen molar-refractivity contribution in [3.8, 4) is 5.88 Å². The van der Waals surface area contributed by atoms with Gasteiger partial charge in [-0.25, -0.2) is 22.6 Å². The Hall–Kier alpha value is -5.08. The maximum atomic E-state index is 14.2. The van der Waals surface area contributed by atoms with Crippen LogP contribution in [0.15, 0.2) is 79.1 Å². The molecule has 246 valence electrons. The highest BCUT2D eigenvalue weighted by atomic mass is 32.2. The van der Waals surface area contributed by atoms with Gasteiger partial charge in [0.15, 0.2) is 0 Å². The van der Waals surface area contributed by atoms with E-state index < -0.39 is 21.7 Å². The Bertz CT molecular complexity index is 1830. The fourth-order valence-electron chi connectivity index (χ4n) is 5.39. The lowest BCUT2D eigenvalue weighted by Crippen LogP contribution is -2.49. The van der Waals surface area contributed by atoms with E-state index in [-0.39, 0.29) is 29.9 Å². The van der Waals surface area contributed by atoms with Gasteiger partial charge in [-0.2, -0.15) is 0 Å². The Morgan fingerprint density at radius 3 is 2.43 bits per heavy atom. The van der Waals surface area contributed by atoms with Crippen molar-refractivity contribution in [2.75, 3.05) is 34.3 Å². The van der Waals surface area contributed by atoms with Gasteiger partial charge in [0.05, 0.1) is 18.1 Å². The van der Waals surface area contributed by atoms with Crippen LogP contribution < -0.4 is 25.4 Å². The molecule has 0 radical (unpaired) electrons. The molecular formula is C33H36FN7O5S. The van der Waals surface area contributed by atoms with Gasteiger partial charge in [0.2, 0.25) is 21.8 Å². The van der Waals surface area contributed by atoms with E-state index in [0.29, 0.717) is 55.3 Å². The predicted molar refractivity (Wildman–Crippen MR) is 177 cm³/mol. The van der Waals surface area contributed by atoms with Crippen molar-refractivity contribution in [2.45, 2.75) is 39.0 Å². The van der Waals surface area contributed by atoms with E-state index in [1.807, 2.05) is 19.1 Å². The Balaban J connectivity index is 1.18. The van der Waals surface area contributed by atoms with Crippen molar-refractivity contribution in [2.24, 2.45) is 5.73 Å². The standard InChI is InChI=1S/C33H36FN7O5S/c1-22-6-9-27(19-36-22)38-33(43)41(29-5-3-4-25(34)16-29)28-12-14-40(15-13-28)20-23-7-11-31(37-18-23)46-21-24-8-10-26(39-47(2,44)45)17-30(24)32(35)42/h3-11,16-19,28,39H,12-15,20-21H2,1-2H3,(H2,35,42)(H,38,43). The normalized spacial score (nSPS) is 13.9. The number of aryl methyl sites for hydroxylation is 1. The van der Waals surface area contributed by atoms with Crippen LogP contribution in [0.1, 0.15) is 40.0 Å². The first-order valence-electron chi connectivity index (χ1n) is 14.9. The number of benzene rings is 2. The van der Waals surface area contributed by atoms with E-state index in [2.05, 4.69) is 24.9 Å². The third-order valence-corrected chi connectivity index (χ3v) is 8.25. The topological polar surface area (TPSA) is 160 Å². The number of urea groups is 1. The number of pyridine rings is 2. The molecule has 5 rings (SSSR count). The smallest absolute Gasteiger partial charge is 0.326 e. The van der Waals surface area contributed by atoms with Gasteiger partial charge in [0.25, 0.3) is 0 Å². The number of halogens is 1. The average molecular weight is 662 g/mol. The number of carbonyl (C=O) groups excluding carboxylic acids is 2. The van der Waals surface area contributed by atoms with E-state index in [0.717, 1.165) is 17.5 Å². The molecule has 0 atom stereocenters. The molecular weight excluding hydrogens is 625 g/mol. The Kier molecular flexibility index (Phi) is 10.3. The van der Waals surface area contributed by atoms with Gasteiger partial charge >= 0.3 is 6.03 Å². The van der Waals surface area contributed by atoms with Crippen molar-refractivity contribution < 1.29 is 27.1 Å². The SMILES string of the molecule is Cc1ccc(NC(=O)N(c2cccc(F)c2)C2CCN(Cc3ccc(OCc4ccc(NS(C)(=O)=O)cc4C(N)=O)nc3)CC2)cn1. The first kappa shape index (κ1) is 33.3. The zero-order valence-electron chi connectivity index (χ0n) is 26.0. The number of primary amides is 1. The number of likely N-dealkylation sites (tertiary alicyclic amines) is 1. The highest BCUT2D eigenvalue weighted by Crippen LogP contribution is 2.27. The molecule has 3 heterocycles. The second-order valence-electron chi connectivity index (χ2n) is 11.4. The summed E-state index contributed by atoms with van der Waals surface area (Å²) in [4.78, 5) is 38.0. The van der Waals surface area contributed by atoms with Gasteiger partial charge in [0, 0.05) is 66.1 Å². The quantitative estimate of drug-likeness (QED) is 0.209. The predicted octanol–water partition coefficient (Wildman–Crippen LogP) is 4.68. The summed E-state index contributed by atoms with van der Waals surface area (Å²) in [6, 6.07) is 17.3. The Morgan fingerprint density at radius 1 is 1.02 bits per heavy atom. The number of aromatic nitrogens is 2. The minimum absolute atomic E-state index is 0.00705. The molecule has 1 aliphatic heterocycles. The highest BCUT2D eigenvalue weighted by Gasteiger charge is 2.30. The largest absolute Gasteiger partial charge is 0.473 e. The van der Waals surface area contributed by atoms with Crippen molar-refractivity contribution in [1.82, 2.24) is 14.9 Å². The van der Waals surface area contributed by atoms with Gasteiger partial charge in [-0.15, -0.1) is 0 Å². The van der Waals surface area contributed by atoms with Gasteiger partial charge in [-0.05, 0) is 67.8 Å². The molecule has 0 saturated carbocycles. The number of sulfonamides is 1. The fourth-order valence-corrected chi connectivity index (χ4v) is 5.95. The number of ether oxygens (including phenoxy) is 1. The zero-order valence-corrected chi connectivity index (χ0v) is 26.8. The van der Waals surface area contributed by atoms with Crippen LogP contribution in [0.2, 0.25) is 0 Å². The van der Waals surface area contributed by atoms with Crippen LogP contribution in [0.5, 0.6) is 5.88 Å². The molecule has 2 aromatic heterocycles. The van der Waals surface area contributed by atoms with Gasteiger partial charge < -0.3 is 15.8 Å². The van der Waals surface area contributed by atoms with Crippen LogP contribution in [0, 0.1) is 12.7 Å². The van der Waals surface area contributed by atoms with Crippen molar-refractivity contribution in [3.63, 3.8) is 0 Å².